The van der Waals surface area contributed by atoms with Gasteiger partial charge >= 0.3 is 0 Å². The van der Waals surface area contributed by atoms with Gasteiger partial charge in [-0.3, -0.25) is 10.1 Å². The molecule has 84 valence electrons. The van der Waals surface area contributed by atoms with Gasteiger partial charge in [0.15, 0.2) is 4.34 Å². The maximum Gasteiger partial charge on any atom is 0.271 e. The molecule has 0 radical (unpaired) electrons. The Morgan fingerprint density at radius 1 is 1.62 bits per heavy atom. The van der Waals surface area contributed by atoms with Crippen LogP contribution in [0.1, 0.15) is 0 Å². The van der Waals surface area contributed by atoms with Gasteiger partial charge in [-0.15, -0.1) is 11.3 Å². The summed E-state index contributed by atoms with van der Waals surface area (Å²) < 4.78 is 6.73. The van der Waals surface area contributed by atoms with Crippen molar-refractivity contribution in [1.29, 1.82) is 0 Å². The lowest BCUT2D eigenvalue weighted by Gasteiger charge is -1.91. The summed E-state index contributed by atoms with van der Waals surface area (Å²) in [6.07, 6.45) is 0. The van der Waals surface area contributed by atoms with E-state index in [2.05, 4.69) is 4.98 Å². The molecule has 0 aliphatic rings. The molecule has 0 N–H and O–H groups in total. The number of aromatic nitrogens is 1. The van der Waals surface area contributed by atoms with Gasteiger partial charge in [0.1, 0.15) is 0 Å². The van der Waals surface area contributed by atoms with Gasteiger partial charge in [0.2, 0.25) is 0 Å². The first-order valence-electron chi connectivity index (χ1n) is 4.37. The van der Waals surface area contributed by atoms with Crippen molar-refractivity contribution in [2.45, 2.75) is 4.34 Å². The van der Waals surface area contributed by atoms with E-state index in [1.165, 1.54) is 35.2 Å². The lowest BCUT2D eigenvalue weighted by atomic mass is 10.3. The lowest BCUT2D eigenvalue weighted by molar-refractivity contribution is -0.384. The largest absolute Gasteiger partial charge is 0.374 e. The van der Waals surface area contributed by atoms with Gasteiger partial charge in [0, 0.05) is 19.2 Å². The van der Waals surface area contributed by atoms with Crippen LogP contribution in [0, 0.1) is 10.1 Å². The maximum atomic E-state index is 10.6. The summed E-state index contributed by atoms with van der Waals surface area (Å²) in [4.78, 5) is 14.5. The summed E-state index contributed by atoms with van der Waals surface area (Å²) in [5.74, 6) is 0.530. The second-order valence-corrected chi connectivity index (χ2v) is 5.14. The SMILES string of the molecule is COCSc1nc2cc([N+](=O)[O-])ccc2s1. The van der Waals surface area contributed by atoms with Crippen LogP contribution in [0.15, 0.2) is 22.5 Å². The molecule has 0 aliphatic heterocycles. The highest BCUT2D eigenvalue weighted by Gasteiger charge is 2.10. The third-order valence-corrected chi connectivity index (χ3v) is 3.99. The second-order valence-electron chi connectivity index (χ2n) is 2.94. The molecule has 0 amide bonds. The minimum absolute atomic E-state index is 0.0705. The van der Waals surface area contributed by atoms with Crippen molar-refractivity contribution < 1.29 is 9.66 Å². The van der Waals surface area contributed by atoms with Crippen molar-refractivity contribution >= 4 is 39.0 Å². The first-order valence-corrected chi connectivity index (χ1v) is 6.17. The van der Waals surface area contributed by atoms with Gasteiger partial charge in [-0.05, 0) is 6.07 Å². The molecule has 2 rings (SSSR count). The molecule has 1 aromatic heterocycles. The number of methoxy groups -OCH3 is 1. The quantitative estimate of drug-likeness (QED) is 0.364. The highest BCUT2D eigenvalue weighted by Crippen LogP contribution is 2.31. The number of non-ortho nitro benzene ring substituents is 1. The van der Waals surface area contributed by atoms with E-state index < -0.39 is 4.92 Å². The van der Waals surface area contributed by atoms with Crippen LogP contribution in [-0.2, 0) is 4.74 Å². The summed E-state index contributed by atoms with van der Waals surface area (Å²) in [5.41, 5.74) is 0.735. The number of thioether (sulfide) groups is 1. The van der Waals surface area contributed by atoms with Crippen LogP contribution >= 0.6 is 23.1 Å². The van der Waals surface area contributed by atoms with E-state index in [0.717, 1.165) is 9.04 Å². The average molecular weight is 256 g/mol. The molecule has 5 nitrogen and oxygen atoms in total. The standard InChI is InChI=1S/C9H8N2O3S2/c1-14-5-15-9-10-7-4-6(11(12)13)2-3-8(7)16-9/h2-4H,5H2,1H3. The number of hydrogen-bond donors (Lipinski definition) is 0. The van der Waals surface area contributed by atoms with Gasteiger partial charge in [-0.25, -0.2) is 4.98 Å². The molecule has 0 atom stereocenters. The van der Waals surface area contributed by atoms with Crippen molar-refractivity contribution in [3.05, 3.63) is 28.3 Å². The Labute approximate surface area is 99.6 Å². The van der Waals surface area contributed by atoms with Gasteiger partial charge in [-0.2, -0.15) is 0 Å². The molecule has 0 saturated heterocycles. The average Bonchev–Trinajstić information content (AvgIpc) is 2.67. The van der Waals surface area contributed by atoms with Gasteiger partial charge in [-0.1, -0.05) is 11.8 Å². The summed E-state index contributed by atoms with van der Waals surface area (Å²) in [6, 6.07) is 4.70. The fraction of sp³-hybridized carbons (Fsp3) is 0.222. The number of nitro groups is 1. The first-order chi connectivity index (χ1) is 7.70. The number of rotatable bonds is 4. The van der Waals surface area contributed by atoms with E-state index in [1.54, 1.807) is 13.2 Å². The Bertz CT molecular complexity index is 526. The molecule has 1 heterocycles. The van der Waals surface area contributed by atoms with Crippen molar-refractivity contribution in [2.75, 3.05) is 13.0 Å². The smallest absolute Gasteiger partial charge is 0.271 e. The predicted octanol–water partition coefficient (Wildman–Crippen LogP) is 2.90. The van der Waals surface area contributed by atoms with Crippen molar-refractivity contribution in [1.82, 2.24) is 4.98 Å². The number of nitro benzene ring substituents is 1. The van der Waals surface area contributed by atoms with Crippen molar-refractivity contribution in [3.8, 4) is 0 Å². The van der Waals surface area contributed by atoms with E-state index in [0.29, 0.717) is 11.5 Å². The molecule has 0 fully saturated rings. The molecule has 7 heteroatoms. The number of fused-ring (bicyclic) bond motifs is 1. The van der Waals surface area contributed by atoms with Crippen LogP contribution in [0.3, 0.4) is 0 Å². The normalized spacial score (nSPS) is 10.8. The summed E-state index contributed by atoms with van der Waals surface area (Å²) in [5, 5.41) is 10.6. The molecular formula is C9H8N2O3S2. The van der Waals surface area contributed by atoms with Crippen LogP contribution in [-0.4, -0.2) is 23.0 Å². The van der Waals surface area contributed by atoms with Crippen molar-refractivity contribution in [2.24, 2.45) is 0 Å². The molecule has 16 heavy (non-hydrogen) atoms. The molecule has 0 unspecified atom stereocenters. The van der Waals surface area contributed by atoms with E-state index >= 15 is 0 Å². The highest BCUT2D eigenvalue weighted by atomic mass is 32.2. The highest BCUT2D eigenvalue weighted by molar-refractivity contribution is 8.01. The number of benzene rings is 1. The third kappa shape index (κ3) is 2.31. The van der Waals surface area contributed by atoms with E-state index in [4.69, 9.17) is 4.74 Å². The van der Waals surface area contributed by atoms with E-state index in [9.17, 15) is 10.1 Å². The van der Waals surface area contributed by atoms with Gasteiger partial charge in [0.25, 0.3) is 5.69 Å². The molecular weight excluding hydrogens is 248 g/mol. The Balaban J connectivity index is 2.34. The monoisotopic (exact) mass is 256 g/mol. The van der Waals surface area contributed by atoms with Crippen LogP contribution < -0.4 is 0 Å². The maximum absolute atomic E-state index is 10.6. The molecule has 0 bridgehead atoms. The molecule has 1 aromatic carbocycles. The Kier molecular flexibility index (Phi) is 3.37. The number of thiazole rings is 1. The molecule has 0 spiro atoms. The summed E-state index contributed by atoms with van der Waals surface area (Å²) in [7, 11) is 1.62. The lowest BCUT2D eigenvalue weighted by Crippen LogP contribution is -1.86. The van der Waals surface area contributed by atoms with Crippen LogP contribution in [0.4, 0.5) is 5.69 Å². The zero-order valence-electron chi connectivity index (χ0n) is 8.37. The fourth-order valence-corrected chi connectivity index (χ4v) is 2.89. The zero-order chi connectivity index (χ0) is 11.5. The van der Waals surface area contributed by atoms with Crippen molar-refractivity contribution in [3.63, 3.8) is 0 Å². The summed E-state index contributed by atoms with van der Waals surface area (Å²) in [6.45, 7) is 0. The second kappa shape index (κ2) is 4.77. The number of hydrogen-bond acceptors (Lipinski definition) is 6. The Morgan fingerprint density at radius 2 is 2.44 bits per heavy atom. The Morgan fingerprint density at radius 3 is 3.12 bits per heavy atom. The zero-order valence-corrected chi connectivity index (χ0v) is 10.0. The minimum Gasteiger partial charge on any atom is -0.374 e. The number of nitrogens with zero attached hydrogens (tertiary/aromatic N) is 2. The van der Waals surface area contributed by atoms with Crippen LogP contribution in [0.2, 0.25) is 0 Å². The van der Waals surface area contributed by atoms with Gasteiger partial charge in [0.05, 0.1) is 21.1 Å². The topological polar surface area (TPSA) is 65.3 Å². The molecule has 2 aromatic rings. The van der Waals surface area contributed by atoms with Crippen LogP contribution in [0.5, 0.6) is 0 Å². The van der Waals surface area contributed by atoms with E-state index in [1.807, 2.05) is 0 Å². The Hall–Kier alpha value is -1.18. The van der Waals surface area contributed by atoms with Gasteiger partial charge < -0.3 is 4.74 Å². The number of ether oxygens (including phenoxy) is 1. The molecule has 0 saturated carbocycles. The first kappa shape index (κ1) is 11.3. The third-order valence-electron chi connectivity index (χ3n) is 1.86. The predicted molar refractivity (Wildman–Crippen MR) is 64.0 cm³/mol. The minimum atomic E-state index is -0.416. The van der Waals surface area contributed by atoms with Crippen LogP contribution in [0.25, 0.3) is 10.2 Å². The summed E-state index contributed by atoms with van der Waals surface area (Å²) >= 11 is 2.98. The van der Waals surface area contributed by atoms with E-state index in [-0.39, 0.29) is 5.69 Å². The fourth-order valence-electron chi connectivity index (χ4n) is 1.18. The molecule has 0 aliphatic carbocycles.